The lowest BCUT2D eigenvalue weighted by molar-refractivity contribution is 0.170. The molecule has 1 atom stereocenters. The van der Waals surface area contributed by atoms with Crippen molar-refractivity contribution in [1.29, 1.82) is 5.41 Å². The number of aryl methyl sites for hydroxylation is 1. The molecule has 35 heavy (non-hydrogen) atoms. The molecule has 4 aromatic rings. The number of benzene rings is 2. The first-order valence-corrected chi connectivity index (χ1v) is 11.1. The molecule has 11 nitrogen and oxygen atoms in total. The summed E-state index contributed by atoms with van der Waals surface area (Å²) in [6.07, 6.45) is 3.83. The quantitative estimate of drug-likeness (QED) is 0.235. The van der Waals surface area contributed by atoms with E-state index in [0.717, 1.165) is 33.7 Å². The van der Waals surface area contributed by atoms with Crippen LogP contribution in [0.25, 0.3) is 5.95 Å². The number of amidine groups is 1. The van der Waals surface area contributed by atoms with Crippen molar-refractivity contribution in [2.45, 2.75) is 19.4 Å². The molecule has 1 aliphatic rings. The molecule has 0 saturated heterocycles. The van der Waals surface area contributed by atoms with E-state index < -0.39 is 11.7 Å². The van der Waals surface area contributed by atoms with Crippen LogP contribution in [0.2, 0.25) is 0 Å². The summed E-state index contributed by atoms with van der Waals surface area (Å²) < 4.78 is 12.9. The van der Waals surface area contributed by atoms with Gasteiger partial charge < -0.3 is 20.5 Å². The molecule has 2 aromatic heterocycles. The van der Waals surface area contributed by atoms with Crippen molar-refractivity contribution in [1.82, 2.24) is 24.7 Å². The molecule has 1 aliphatic heterocycles. The summed E-state index contributed by atoms with van der Waals surface area (Å²) in [4.78, 5) is 23.9. The van der Waals surface area contributed by atoms with Crippen molar-refractivity contribution in [3.8, 4) is 17.4 Å². The third-order valence-corrected chi connectivity index (χ3v) is 5.61. The average Bonchev–Trinajstić information content (AvgIpc) is 3.28. The van der Waals surface area contributed by atoms with Gasteiger partial charge in [-0.15, -0.1) is 9.78 Å². The second-order valence-corrected chi connectivity index (χ2v) is 7.90. The molecule has 0 saturated carbocycles. The minimum Gasteiger partial charge on any atom is -0.486 e. The Balaban J connectivity index is 1.60. The van der Waals surface area contributed by atoms with Crippen LogP contribution in [0.3, 0.4) is 0 Å². The summed E-state index contributed by atoms with van der Waals surface area (Å²) in [6.45, 7) is 3.00. The molecular formula is C24H24N8O3. The van der Waals surface area contributed by atoms with Gasteiger partial charge in [-0.05, 0) is 60.0 Å². The molecule has 0 radical (unpaired) electrons. The minimum atomic E-state index is -0.544. The number of fused-ring (bicyclic) bond motifs is 1. The van der Waals surface area contributed by atoms with Crippen LogP contribution in [0.5, 0.6) is 11.5 Å². The summed E-state index contributed by atoms with van der Waals surface area (Å²) >= 11 is 0. The maximum absolute atomic E-state index is 12.8. The topological polar surface area (TPSA) is 157 Å². The number of aromatic amines is 1. The van der Waals surface area contributed by atoms with E-state index in [2.05, 4.69) is 25.4 Å². The van der Waals surface area contributed by atoms with Crippen LogP contribution in [-0.4, -0.2) is 43.8 Å². The highest BCUT2D eigenvalue weighted by Crippen LogP contribution is 2.38. The van der Waals surface area contributed by atoms with Crippen LogP contribution in [-0.2, 0) is 6.42 Å². The van der Waals surface area contributed by atoms with Gasteiger partial charge in [-0.2, -0.15) is 0 Å². The fourth-order valence-corrected chi connectivity index (χ4v) is 3.91. The molecule has 2 aromatic carbocycles. The summed E-state index contributed by atoms with van der Waals surface area (Å²) in [6, 6.07) is 12.2. The van der Waals surface area contributed by atoms with Crippen LogP contribution >= 0.6 is 0 Å². The predicted octanol–water partition coefficient (Wildman–Crippen LogP) is 2.17. The Morgan fingerprint density at radius 3 is 2.66 bits per heavy atom. The fourth-order valence-electron chi connectivity index (χ4n) is 3.91. The maximum atomic E-state index is 12.8. The zero-order valence-electron chi connectivity index (χ0n) is 19.0. The van der Waals surface area contributed by atoms with Gasteiger partial charge in [-0.1, -0.05) is 6.92 Å². The summed E-state index contributed by atoms with van der Waals surface area (Å²) in [5.74, 6) is 1.91. The Bertz CT molecular complexity index is 1400. The van der Waals surface area contributed by atoms with E-state index >= 15 is 0 Å². The van der Waals surface area contributed by atoms with E-state index in [0.29, 0.717) is 30.4 Å². The van der Waals surface area contributed by atoms with E-state index in [1.165, 1.54) is 0 Å². The average molecular weight is 473 g/mol. The fraction of sp³-hybridized carbons (Fsp3) is 0.208. The largest absolute Gasteiger partial charge is 0.486 e. The van der Waals surface area contributed by atoms with E-state index in [1.807, 2.05) is 31.2 Å². The highest BCUT2D eigenvalue weighted by atomic mass is 16.6. The molecule has 5 rings (SSSR count). The number of hydrogen-bond donors (Lipinski definition) is 4. The molecule has 0 bridgehead atoms. The van der Waals surface area contributed by atoms with Gasteiger partial charge in [0.05, 0.1) is 0 Å². The molecule has 0 fully saturated rings. The Labute approximate surface area is 200 Å². The maximum Gasteiger partial charge on any atom is 0.350 e. The molecule has 0 amide bonds. The number of anilines is 1. The van der Waals surface area contributed by atoms with Crippen LogP contribution in [0.1, 0.15) is 35.5 Å². The summed E-state index contributed by atoms with van der Waals surface area (Å²) in [5.41, 5.74) is 8.31. The van der Waals surface area contributed by atoms with Gasteiger partial charge in [0, 0.05) is 23.6 Å². The molecule has 178 valence electrons. The Kier molecular flexibility index (Phi) is 5.88. The highest BCUT2D eigenvalue weighted by molar-refractivity contribution is 5.95. The van der Waals surface area contributed by atoms with Gasteiger partial charge >= 0.3 is 5.69 Å². The first-order chi connectivity index (χ1) is 17.0. The lowest BCUT2D eigenvalue weighted by atomic mass is 9.99. The van der Waals surface area contributed by atoms with Crippen molar-refractivity contribution in [3.63, 3.8) is 0 Å². The van der Waals surface area contributed by atoms with E-state index in [9.17, 15) is 4.79 Å². The number of ether oxygens (including phenoxy) is 2. The number of nitrogens with two attached hydrogens (primary N) is 1. The molecule has 11 heteroatoms. The van der Waals surface area contributed by atoms with E-state index in [4.69, 9.17) is 20.6 Å². The second kappa shape index (κ2) is 9.29. The molecule has 3 heterocycles. The van der Waals surface area contributed by atoms with Crippen molar-refractivity contribution >= 4 is 11.5 Å². The molecule has 5 N–H and O–H groups in total. The number of aromatic nitrogens is 5. The first-order valence-electron chi connectivity index (χ1n) is 11.1. The zero-order chi connectivity index (χ0) is 24.4. The van der Waals surface area contributed by atoms with Crippen LogP contribution in [0.4, 0.5) is 5.69 Å². The second-order valence-electron chi connectivity index (χ2n) is 7.90. The Hall–Kier alpha value is -4.67. The third kappa shape index (κ3) is 4.43. The van der Waals surface area contributed by atoms with Crippen molar-refractivity contribution in [3.05, 3.63) is 87.9 Å². The molecule has 1 unspecified atom stereocenters. The predicted molar refractivity (Wildman–Crippen MR) is 130 cm³/mol. The molecular weight excluding hydrogens is 448 g/mol. The highest BCUT2D eigenvalue weighted by Gasteiger charge is 2.25. The van der Waals surface area contributed by atoms with Crippen LogP contribution < -0.4 is 26.2 Å². The third-order valence-electron chi connectivity index (χ3n) is 5.61. The van der Waals surface area contributed by atoms with Crippen molar-refractivity contribution in [2.24, 2.45) is 5.73 Å². The number of nitrogens with one attached hydrogen (secondary N) is 3. The Morgan fingerprint density at radius 2 is 1.94 bits per heavy atom. The van der Waals surface area contributed by atoms with E-state index in [-0.39, 0.29) is 11.8 Å². The Morgan fingerprint density at radius 1 is 1.20 bits per heavy atom. The standard InChI is InChI=1S/C24H24N8O3/c1-2-14-12-16(13-18-20(14)35-11-10-34-18)19(29-17-6-4-15(5-7-17)21(25)26)22-30-24(33)32(31-22)23-27-8-3-9-28-23/h3-9,12-13,19,29H,2,10-11H2,1H3,(H3,25,26)(H,30,31,33). The number of nitrogens with zero attached hydrogens (tertiary/aromatic N) is 4. The molecule has 0 spiro atoms. The normalized spacial score (nSPS) is 13.3. The van der Waals surface area contributed by atoms with Crippen LogP contribution in [0.15, 0.2) is 59.7 Å². The van der Waals surface area contributed by atoms with Gasteiger partial charge in [-0.3, -0.25) is 10.4 Å². The minimum absolute atomic E-state index is 0.0153. The van der Waals surface area contributed by atoms with Crippen molar-refractivity contribution in [2.75, 3.05) is 18.5 Å². The van der Waals surface area contributed by atoms with Gasteiger partial charge in [0.1, 0.15) is 25.1 Å². The summed E-state index contributed by atoms with van der Waals surface area (Å²) in [7, 11) is 0. The number of H-pyrrole nitrogens is 1. The SMILES string of the molecule is CCc1cc(C(Nc2ccc(C(=N)N)cc2)c2nn(-c3ncccn3)c(=O)[nH]2)cc2c1OCCO2. The number of rotatable bonds is 7. The van der Waals surface area contributed by atoms with Crippen molar-refractivity contribution < 1.29 is 9.47 Å². The lowest BCUT2D eigenvalue weighted by Crippen LogP contribution is -2.19. The van der Waals surface area contributed by atoms with Gasteiger partial charge in [0.25, 0.3) is 5.95 Å². The first kappa shape index (κ1) is 22.1. The van der Waals surface area contributed by atoms with Gasteiger partial charge in [0.2, 0.25) is 0 Å². The monoisotopic (exact) mass is 472 g/mol. The summed E-state index contributed by atoms with van der Waals surface area (Å²) in [5, 5.41) is 15.6. The number of hydrogen-bond acceptors (Lipinski definition) is 8. The number of nitrogen functional groups attached to an aromatic ring is 1. The molecule has 0 aliphatic carbocycles. The lowest BCUT2D eigenvalue weighted by Gasteiger charge is -2.25. The van der Waals surface area contributed by atoms with E-state index in [1.54, 1.807) is 30.6 Å². The zero-order valence-corrected chi connectivity index (χ0v) is 19.0. The smallest absolute Gasteiger partial charge is 0.350 e. The van der Waals surface area contributed by atoms with Gasteiger partial charge in [0.15, 0.2) is 17.3 Å². The van der Waals surface area contributed by atoms with Gasteiger partial charge in [-0.25, -0.2) is 14.8 Å². The van der Waals surface area contributed by atoms with Crippen LogP contribution in [0, 0.1) is 5.41 Å².